The highest BCUT2D eigenvalue weighted by Crippen LogP contribution is 2.28. The molecule has 0 aliphatic carbocycles. The number of benzene rings is 1. The second-order valence-electron chi connectivity index (χ2n) is 8.25. The Morgan fingerprint density at radius 3 is 2.03 bits per heavy atom. The van der Waals surface area contributed by atoms with Crippen LogP contribution in [0.25, 0.3) is 0 Å². The zero-order valence-corrected chi connectivity index (χ0v) is 17.4. The summed E-state index contributed by atoms with van der Waals surface area (Å²) in [6, 6.07) is 5.61. The van der Waals surface area contributed by atoms with Gasteiger partial charge in [0.25, 0.3) is 17.7 Å². The van der Waals surface area contributed by atoms with Crippen molar-refractivity contribution in [3.05, 3.63) is 35.4 Å². The van der Waals surface area contributed by atoms with Crippen LogP contribution in [0.5, 0.6) is 0 Å². The van der Waals surface area contributed by atoms with E-state index in [0.717, 1.165) is 24.2 Å². The van der Waals surface area contributed by atoms with E-state index in [1.54, 1.807) is 43.0 Å². The monoisotopic (exact) mass is 400 g/mol. The molecule has 3 rings (SSSR count). The van der Waals surface area contributed by atoms with Gasteiger partial charge in [0.05, 0.1) is 11.1 Å². The van der Waals surface area contributed by atoms with E-state index in [1.165, 1.54) is 0 Å². The first kappa shape index (κ1) is 21.0. The van der Waals surface area contributed by atoms with E-state index in [-0.39, 0.29) is 41.6 Å². The summed E-state index contributed by atoms with van der Waals surface area (Å²) in [5, 5.41) is 0. The number of ether oxygens (including phenoxy) is 1. The standard InChI is InChI=1S/C22H28N2O5/c1-13(2)19(24-20(26)16-10-5-6-11-17(16)21(24)27)22(28)29-12-18(25)23-14(3)8-7-9-15(23)4/h5-6,10-11,13-15,19H,7-9,12H2,1-4H3/t14-,15-,19-/m0/s1. The molecule has 2 aliphatic heterocycles. The van der Waals surface area contributed by atoms with E-state index in [0.29, 0.717) is 0 Å². The Kier molecular flexibility index (Phi) is 6.05. The first-order valence-electron chi connectivity index (χ1n) is 10.2. The summed E-state index contributed by atoms with van der Waals surface area (Å²) in [6.07, 6.45) is 2.92. The Hall–Kier alpha value is -2.70. The molecular weight excluding hydrogens is 372 g/mol. The second kappa shape index (κ2) is 8.35. The van der Waals surface area contributed by atoms with Crippen LogP contribution in [0.1, 0.15) is 67.7 Å². The number of amides is 3. The molecule has 0 N–H and O–H groups in total. The van der Waals surface area contributed by atoms with Crippen LogP contribution in [0.15, 0.2) is 24.3 Å². The molecule has 2 aliphatic rings. The lowest BCUT2D eigenvalue weighted by atomic mass is 9.97. The minimum Gasteiger partial charge on any atom is -0.454 e. The number of hydrogen-bond donors (Lipinski definition) is 0. The number of nitrogens with zero attached hydrogens (tertiary/aromatic N) is 2. The number of rotatable bonds is 5. The summed E-state index contributed by atoms with van der Waals surface area (Å²) in [5.41, 5.74) is 0.561. The predicted molar refractivity (Wildman–Crippen MR) is 106 cm³/mol. The van der Waals surface area contributed by atoms with Crippen molar-refractivity contribution in [2.45, 2.75) is 65.1 Å². The molecule has 1 fully saturated rings. The van der Waals surface area contributed by atoms with Crippen molar-refractivity contribution in [2.24, 2.45) is 5.92 Å². The Morgan fingerprint density at radius 2 is 1.55 bits per heavy atom. The molecule has 0 saturated carbocycles. The highest BCUT2D eigenvalue weighted by atomic mass is 16.5. The molecule has 29 heavy (non-hydrogen) atoms. The largest absolute Gasteiger partial charge is 0.454 e. The Balaban J connectivity index is 1.72. The van der Waals surface area contributed by atoms with Gasteiger partial charge in [-0.05, 0) is 51.2 Å². The van der Waals surface area contributed by atoms with Gasteiger partial charge in [-0.3, -0.25) is 19.3 Å². The van der Waals surface area contributed by atoms with E-state index in [2.05, 4.69) is 0 Å². The van der Waals surface area contributed by atoms with Crippen molar-refractivity contribution in [1.29, 1.82) is 0 Å². The normalized spacial score (nSPS) is 22.7. The maximum Gasteiger partial charge on any atom is 0.330 e. The van der Waals surface area contributed by atoms with Crippen molar-refractivity contribution in [3.63, 3.8) is 0 Å². The molecule has 7 nitrogen and oxygen atoms in total. The van der Waals surface area contributed by atoms with Crippen molar-refractivity contribution < 1.29 is 23.9 Å². The van der Waals surface area contributed by atoms with Crippen LogP contribution in [0.4, 0.5) is 0 Å². The zero-order chi connectivity index (χ0) is 21.3. The van der Waals surface area contributed by atoms with E-state index < -0.39 is 23.8 Å². The first-order chi connectivity index (χ1) is 13.7. The van der Waals surface area contributed by atoms with Gasteiger partial charge in [0.2, 0.25) is 0 Å². The lowest BCUT2D eigenvalue weighted by Crippen LogP contribution is -2.51. The van der Waals surface area contributed by atoms with Crippen LogP contribution in [0.3, 0.4) is 0 Å². The molecule has 0 radical (unpaired) electrons. The topological polar surface area (TPSA) is 84.0 Å². The average molecular weight is 400 g/mol. The maximum absolute atomic E-state index is 12.8. The van der Waals surface area contributed by atoms with Gasteiger partial charge < -0.3 is 9.64 Å². The molecule has 0 unspecified atom stereocenters. The highest BCUT2D eigenvalue weighted by Gasteiger charge is 2.45. The molecule has 1 saturated heterocycles. The van der Waals surface area contributed by atoms with Gasteiger partial charge in [0, 0.05) is 12.1 Å². The Morgan fingerprint density at radius 1 is 1.03 bits per heavy atom. The minimum atomic E-state index is -1.08. The Labute approximate surface area is 171 Å². The van der Waals surface area contributed by atoms with Crippen molar-refractivity contribution >= 4 is 23.7 Å². The number of imide groups is 1. The molecule has 2 heterocycles. The molecule has 0 spiro atoms. The minimum absolute atomic E-state index is 0.0992. The molecular formula is C22H28N2O5. The molecule has 0 bridgehead atoms. The van der Waals surface area contributed by atoms with Gasteiger partial charge in [-0.1, -0.05) is 26.0 Å². The third kappa shape index (κ3) is 3.91. The summed E-state index contributed by atoms with van der Waals surface area (Å²) in [5.74, 6) is -2.35. The van der Waals surface area contributed by atoms with Gasteiger partial charge in [0.1, 0.15) is 6.04 Å². The summed E-state index contributed by atoms with van der Waals surface area (Å²) >= 11 is 0. The Bertz CT molecular complexity index is 789. The molecule has 0 aromatic heterocycles. The quantitative estimate of drug-likeness (QED) is 0.560. The van der Waals surface area contributed by atoms with Gasteiger partial charge in [-0.25, -0.2) is 4.79 Å². The van der Waals surface area contributed by atoms with E-state index >= 15 is 0 Å². The van der Waals surface area contributed by atoms with Crippen LogP contribution < -0.4 is 0 Å². The van der Waals surface area contributed by atoms with Gasteiger partial charge in [-0.15, -0.1) is 0 Å². The maximum atomic E-state index is 12.8. The van der Waals surface area contributed by atoms with Crippen LogP contribution in [0, 0.1) is 5.92 Å². The zero-order valence-electron chi connectivity index (χ0n) is 17.4. The van der Waals surface area contributed by atoms with Crippen LogP contribution in [-0.2, 0) is 14.3 Å². The van der Waals surface area contributed by atoms with Crippen LogP contribution in [0.2, 0.25) is 0 Å². The SMILES string of the molecule is CC(C)[C@@H](C(=O)OCC(=O)N1[C@@H](C)CCC[C@@H]1C)N1C(=O)c2ccccc2C1=O. The number of esters is 1. The fraction of sp³-hybridized carbons (Fsp3) is 0.545. The summed E-state index contributed by atoms with van der Waals surface area (Å²) in [4.78, 5) is 53.7. The van der Waals surface area contributed by atoms with E-state index in [1.807, 2.05) is 13.8 Å². The van der Waals surface area contributed by atoms with Crippen molar-refractivity contribution in [1.82, 2.24) is 9.80 Å². The van der Waals surface area contributed by atoms with Crippen LogP contribution >= 0.6 is 0 Å². The number of fused-ring (bicyclic) bond motifs is 1. The van der Waals surface area contributed by atoms with E-state index in [4.69, 9.17) is 4.74 Å². The molecule has 1 aromatic carbocycles. The second-order valence-corrected chi connectivity index (χ2v) is 8.25. The molecule has 3 amide bonds. The number of carbonyl (C=O) groups is 4. The van der Waals surface area contributed by atoms with E-state index in [9.17, 15) is 19.2 Å². The molecule has 156 valence electrons. The lowest BCUT2D eigenvalue weighted by molar-refractivity contribution is -0.158. The fourth-order valence-electron chi connectivity index (χ4n) is 4.34. The van der Waals surface area contributed by atoms with Crippen molar-refractivity contribution in [3.8, 4) is 0 Å². The summed E-state index contributed by atoms with van der Waals surface area (Å²) in [6.45, 7) is 7.08. The number of piperidine rings is 1. The molecule has 1 aromatic rings. The van der Waals surface area contributed by atoms with Crippen molar-refractivity contribution in [2.75, 3.05) is 6.61 Å². The van der Waals surface area contributed by atoms with Gasteiger partial charge >= 0.3 is 5.97 Å². The molecule has 3 atom stereocenters. The summed E-state index contributed by atoms with van der Waals surface area (Å²) in [7, 11) is 0. The number of likely N-dealkylation sites (tertiary alicyclic amines) is 1. The number of carbonyl (C=O) groups excluding carboxylic acids is 4. The average Bonchev–Trinajstić information content (AvgIpc) is 2.92. The highest BCUT2D eigenvalue weighted by molar-refractivity contribution is 6.22. The first-order valence-corrected chi connectivity index (χ1v) is 10.2. The van der Waals surface area contributed by atoms with Gasteiger partial charge in [0.15, 0.2) is 6.61 Å². The number of hydrogen-bond acceptors (Lipinski definition) is 5. The van der Waals surface area contributed by atoms with Crippen LogP contribution in [-0.4, -0.2) is 58.2 Å². The fourth-order valence-corrected chi connectivity index (χ4v) is 4.34. The molecule has 7 heteroatoms. The predicted octanol–water partition coefficient (Wildman–Crippen LogP) is 2.64. The van der Waals surface area contributed by atoms with Gasteiger partial charge in [-0.2, -0.15) is 0 Å². The summed E-state index contributed by atoms with van der Waals surface area (Å²) < 4.78 is 5.31. The third-order valence-corrected chi connectivity index (χ3v) is 5.80. The smallest absolute Gasteiger partial charge is 0.330 e. The lowest BCUT2D eigenvalue weighted by Gasteiger charge is -2.39. The third-order valence-electron chi connectivity index (χ3n) is 5.80.